The summed E-state index contributed by atoms with van der Waals surface area (Å²) >= 11 is 0. The molecule has 4 aromatic rings. The van der Waals surface area contributed by atoms with E-state index in [2.05, 4.69) is 15.3 Å². The largest absolute Gasteiger partial charge is 0.357 e. The highest BCUT2D eigenvalue weighted by Gasteiger charge is 2.32. The highest BCUT2D eigenvalue weighted by molar-refractivity contribution is 5.94. The van der Waals surface area contributed by atoms with Gasteiger partial charge < -0.3 is 15.3 Å². The Morgan fingerprint density at radius 2 is 1.81 bits per heavy atom. The maximum atomic E-state index is 14.4. The van der Waals surface area contributed by atoms with E-state index >= 15 is 0 Å². The number of amides is 1. The Bertz CT molecular complexity index is 1300. The molecule has 1 amide bonds. The van der Waals surface area contributed by atoms with Crippen molar-refractivity contribution in [3.05, 3.63) is 82.9 Å². The maximum absolute atomic E-state index is 14.4. The second kappa shape index (κ2) is 7.89. The minimum absolute atomic E-state index is 0.0585. The van der Waals surface area contributed by atoms with E-state index < -0.39 is 11.6 Å². The molecule has 2 aromatic carbocycles. The Morgan fingerprint density at radius 3 is 2.50 bits per heavy atom. The first-order valence-corrected chi connectivity index (χ1v) is 10.6. The first-order chi connectivity index (χ1) is 15.4. The molecule has 4 nitrogen and oxygen atoms in total. The van der Waals surface area contributed by atoms with Gasteiger partial charge >= 0.3 is 0 Å². The Hall–Kier alpha value is -3.48. The molecular weight excluding hydrogens is 415 g/mol. The molecule has 2 aromatic heterocycles. The zero-order valence-electron chi connectivity index (χ0n) is 17.4. The molecule has 0 spiro atoms. The van der Waals surface area contributed by atoms with Gasteiger partial charge in [-0.1, -0.05) is 0 Å². The molecule has 2 heterocycles. The highest BCUT2D eigenvalue weighted by Crippen LogP contribution is 2.38. The van der Waals surface area contributed by atoms with Gasteiger partial charge in [-0.15, -0.1) is 0 Å². The lowest BCUT2D eigenvalue weighted by Crippen LogP contribution is -2.45. The molecule has 164 valence electrons. The number of nitrogens with one attached hydrogen (secondary N) is 3. The lowest BCUT2D eigenvalue weighted by atomic mass is 9.76. The first kappa shape index (κ1) is 20.4. The third kappa shape index (κ3) is 3.68. The second-order valence-electron chi connectivity index (χ2n) is 8.54. The molecule has 1 fully saturated rings. The van der Waals surface area contributed by atoms with Crippen LogP contribution in [0.15, 0.2) is 48.7 Å². The molecule has 0 radical (unpaired) electrons. The fraction of sp³-hybridized carbons (Fsp3) is 0.240. The number of fused-ring (bicyclic) bond motifs is 1. The van der Waals surface area contributed by atoms with Crippen LogP contribution in [0.2, 0.25) is 0 Å². The standard InChI is InChI=1S/C25H22F3N3O/c1-13-6-7-29-22(13)25(32)30-18-8-14(9-18)10-19-20-11-17(27)12-21(28)24(20)31-23(19)15-2-4-16(26)5-3-15/h2-7,11-12,14,18,29,31H,8-10H2,1H3,(H,30,32). The monoisotopic (exact) mass is 437 g/mol. The summed E-state index contributed by atoms with van der Waals surface area (Å²) in [4.78, 5) is 18.4. The van der Waals surface area contributed by atoms with Crippen LogP contribution < -0.4 is 5.32 Å². The Morgan fingerprint density at radius 1 is 1.06 bits per heavy atom. The van der Waals surface area contributed by atoms with E-state index in [4.69, 9.17) is 0 Å². The Balaban J connectivity index is 1.38. The molecule has 1 aliphatic rings. The molecular formula is C25H22F3N3O. The van der Waals surface area contributed by atoms with Crippen molar-refractivity contribution < 1.29 is 18.0 Å². The van der Waals surface area contributed by atoms with Gasteiger partial charge in [-0.05, 0) is 85.2 Å². The fourth-order valence-electron chi connectivity index (χ4n) is 4.61. The summed E-state index contributed by atoms with van der Waals surface area (Å²) in [6, 6.07) is 10.0. The minimum atomic E-state index is -0.658. The molecule has 0 unspecified atom stereocenters. The number of aromatic amines is 2. The van der Waals surface area contributed by atoms with E-state index in [-0.39, 0.29) is 29.2 Å². The quantitative estimate of drug-likeness (QED) is 0.372. The molecule has 5 rings (SSSR count). The summed E-state index contributed by atoms with van der Waals surface area (Å²) in [5.41, 5.74) is 3.88. The van der Waals surface area contributed by atoms with Gasteiger partial charge in [0.05, 0.1) is 5.52 Å². The van der Waals surface area contributed by atoms with Crippen LogP contribution >= 0.6 is 0 Å². The van der Waals surface area contributed by atoms with Gasteiger partial charge in [0.25, 0.3) is 5.91 Å². The zero-order chi connectivity index (χ0) is 22.4. The van der Waals surface area contributed by atoms with Crippen LogP contribution in [-0.4, -0.2) is 21.9 Å². The number of hydrogen-bond acceptors (Lipinski definition) is 1. The summed E-state index contributed by atoms with van der Waals surface area (Å²) < 4.78 is 41.9. The normalized spacial score (nSPS) is 18.0. The number of H-pyrrole nitrogens is 2. The zero-order valence-corrected chi connectivity index (χ0v) is 17.4. The smallest absolute Gasteiger partial charge is 0.268 e. The SMILES string of the molecule is Cc1cc[nH]c1C(=O)NC1CC(Cc2c(-c3ccc(F)cc3)[nH]c3c(F)cc(F)cc23)C1. The van der Waals surface area contributed by atoms with Crippen molar-refractivity contribution in [2.45, 2.75) is 32.2 Å². The third-order valence-corrected chi connectivity index (χ3v) is 6.31. The number of hydrogen-bond donors (Lipinski definition) is 3. The molecule has 32 heavy (non-hydrogen) atoms. The summed E-state index contributed by atoms with van der Waals surface area (Å²) in [5, 5.41) is 3.53. The molecule has 0 bridgehead atoms. The number of benzene rings is 2. The van der Waals surface area contributed by atoms with Crippen molar-refractivity contribution in [2.24, 2.45) is 5.92 Å². The van der Waals surface area contributed by atoms with Crippen LogP contribution in [0.25, 0.3) is 22.2 Å². The Labute approximate surface area is 182 Å². The molecule has 3 N–H and O–H groups in total. The van der Waals surface area contributed by atoms with Crippen molar-refractivity contribution in [3.63, 3.8) is 0 Å². The first-order valence-electron chi connectivity index (χ1n) is 10.6. The third-order valence-electron chi connectivity index (χ3n) is 6.31. The van der Waals surface area contributed by atoms with Gasteiger partial charge in [-0.25, -0.2) is 13.2 Å². The lowest BCUT2D eigenvalue weighted by Gasteiger charge is -2.36. The van der Waals surface area contributed by atoms with Crippen molar-refractivity contribution in [2.75, 3.05) is 0 Å². The summed E-state index contributed by atoms with van der Waals surface area (Å²) in [6.07, 6.45) is 3.89. The predicted molar refractivity (Wildman–Crippen MR) is 117 cm³/mol. The van der Waals surface area contributed by atoms with E-state index in [1.54, 1.807) is 18.3 Å². The van der Waals surface area contributed by atoms with Crippen LogP contribution in [0.4, 0.5) is 13.2 Å². The summed E-state index contributed by atoms with van der Waals surface area (Å²) in [6.45, 7) is 1.88. The number of aryl methyl sites for hydroxylation is 1. The van der Waals surface area contributed by atoms with E-state index in [1.165, 1.54) is 18.2 Å². The van der Waals surface area contributed by atoms with E-state index in [9.17, 15) is 18.0 Å². The molecule has 0 saturated heterocycles. The lowest BCUT2D eigenvalue weighted by molar-refractivity contribution is 0.0884. The molecule has 0 aliphatic heterocycles. The number of carbonyl (C=O) groups excluding carboxylic acids is 1. The van der Waals surface area contributed by atoms with Crippen LogP contribution in [0.3, 0.4) is 0 Å². The Kier molecular flexibility index (Phi) is 5.04. The van der Waals surface area contributed by atoms with Crippen molar-refractivity contribution in [1.82, 2.24) is 15.3 Å². The van der Waals surface area contributed by atoms with Gasteiger partial charge in [-0.2, -0.15) is 0 Å². The summed E-state index contributed by atoms with van der Waals surface area (Å²) in [7, 11) is 0. The molecule has 1 aliphatic carbocycles. The maximum Gasteiger partial charge on any atom is 0.268 e. The minimum Gasteiger partial charge on any atom is -0.357 e. The van der Waals surface area contributed by atoms with Gasteiger partial charge in [0.1, 0.15) is 23.1 Å². The number of halogens is 3. The average Bonchev–Trinajstić information content (AvgIpc) is 3.31. The van der Waals surface area contributed by atoms with Crippen LogP contribution in [0.1, 0.15) is 34.5 Å². The number of aromatic nitrogens is 2. The highest BCUT2D eigenvalue weighted by atomic mass is 19.1. The van der Waals surface area contributed by atoms with E-state index in [1.807, 2.05) is 13.0 Å². The van der Waals surface area contributed by atoms with E-state index in [0.717, 1.165) is 30.0 Å². The van der Waals surface area contributed by atoms with Crippen LogP contribution in [0.5, 0.6) is 0 Å². The molecule has 0 atom stereocenters. The fourth-order valence-corrected chi connectivity index (χ4v) is 4.61. The van der Waals surface area contributed by atoms with Crippen molar-refractivity contribution >= 4 is 16.8 Å². The second-order valence-corrected chi connectivity index (χ2v) is 8.54. The van der Waals surface area contributed by atoms with Gasteiger partial charge in [0, 0.05) is 29.4 Å². The van der Waals surface area contributed by atoms with Gasteiger partial charge in [0.2, 0.25) is 0 Å². The van der Waals surface area contributed by atoms with Crippen molar-refractivity contribution in [3.8, 4) is 11.3 Å². The van der Waals surface area contributed by atoms with E-state index in [0.29, 0.717) is 28.8 Å². The molecule has 7 heteroatoms. The van der Waals surface area contributed by atoms with Crippen LogP contribution in [-0.2, 0) is 6.42 Å². The van der Waals surface area contributed by atoms with Crippen molar-refractivity contribution in [1.29, 1.82) is 0 Å². The van der Waals surface area contributed by atoms with Gasteiger partial charge in [0.15, 0.2) is 0 Å². The predicted octanol–water partition coefficient (Wildman–Crippen LogP) is 5.64. The molecule has 1 saturated carbocycles. The summed E-state index contributed by atoms with van der Waals surface area (Å²) in [5.74, 6) is -1.53. The van der Waals surface area contributed by atoms with Crippen LogP contribution in [0, 0.1) is 30.3 Å². The number of rotatable bonds is 5. The topological polar surface area (TPSA) is 60.7 Å². The number of carbonyl (C=O) groups is 1. The average molecular weight is 437 g/mol. The van der Waals surface area contributed by atoms with Gasteiger partial charge in [-0.3, -0.25) is 4.79 Å².